The summed E-state index contributed by atoms with van der Waals surface area (Å²) in [5.74, 6) is 1.37. The SMILES string of the molecule is CCC(CC)N1B(c2c(C)cccc2C)[n+]2ccn3c2-c2c(cccc21)C3. The van der Waals surface area contributed by atoms with Gasteiger partial charge in [-0.2, -0.15) is 0 Å². The largest absolute Gasteiger partial charge is 0.538 e. The number of aryl methyl sites for hydroxylation is 2. The van der Waals surface area contributed by atoms with Crippen LogP contribution >= 0.6 is 0 Å². The van der Waals surface area contributed by atoms with Gasteiger partial charge in [0, 0.05) is 22.8 Å². The summed E-state index contributed by atoms with van der Waals surface area (Å²) in [7, 11) is 0. The van der Waals surface area contributed by atoms with E-state index in [1.54, 1.807) is 0 Å². The van der Waals surface area contributed by atoms with Crippen molar-refractivity contribution in [1.82, 2.24) is 4.57 Å². The highest BCUT2D eigenvalue weighted by Crippen LogP contribution is 2.42. The lowest BCUT2D eigenvalue weighted by Gasteiger charge is -2.39. The Balaban J connectivity index is 1.84. The Kier molecular flexibility index (Phi) is 3.71. The summed E-state index contributed by atoms with van der Waals surface area (Å²) in [5.41, 5.74) is 8.50. The van der Waals surface area contributed by atoms with Gasteiger partial charge in [0.15, 0.2) is 0 Å². The van der Waals surface area contributed by atoms with Gasteiger partial charge in [-0.3, -0.25) is 4.48 Å². The zero-order chi connectivity index (χ0) is 18.7. The Morgan fingerprint density at radius 3 is 2.44 bits per heavy atom. The second-order valence-electron chi connectivity index (χ2n) is 8.02. The number of hydrogen-bond acceptors (Lipinski definition) is 1. The van der Waals surface area contributed by atoms with Crippen molar-refractivity contribution in [3.63, 3.8) is 0 Å². The van der Waals surface area contributed by atoms with Crippen molar-refractivity contribution in [3.05, 3.63) is 65.5 Å². The van der Waals surface area contributed by atoms with Gasteiger partial charge in [-0.1, -0.05) is 44.2 Å². The molecule has 3 aromatic rings. The molecular weight excluding hydrogens is 329 g/mol. The third-order valence-corrected chi connectivity index (χ3v) is 6.56. The first-order valence-electron chi connectivity index (χ1n) is 10.2. The number of aromatic nitrogens is 2. The van der Waals surface area contributed by atoms with E-state index in [-0.39, 0.29) is 6.98 Å². The van der Waals surface area contributed by atoms with Gasteiger partial charge in [0.05, 0.1) is 5.56 Å². The van der Waals surface area contributed by atoms with Gasteiger partial charge in [0.1, 0.15) is 18.9 Å². The van der Waals surface area contributed by atoms with E-state index in [0.717, 1.165) is 19.4 Å². The molecule has 0 amide bonds. The summed E-state index contributed by atoms with van der Waals surface area (Å²) >= 11 is 0. The van der Waals surface area contributed by atoms with Crippen LogP contribution in [0.4, 0.5) is 5.69 Å². The number of nitrogens with zero attached hydrogens (tertiary/aromatic N) is 3. The van der Waals surface area contributed by atoms with Gasteiger partial charge in [-0.25, -0.2) is 4.57 Å². The molecule has 0 saturated heterocycles. The van der Waals surface area contributed by atoms with Crippen molar-refractivity contribution in [3.8, 4) is 11.4 Å². The summed E-state index contributed by atoms with van der Waals surface area (Å²) in [4.78, 5) is 2.71. The molecule has 0 radical (unpaired) electrons. The molecule has 136 valence electrons. The molecule has 2 aliphatic rings. The van der Waals surface area contributed by atoms with Crippen molar-refractivity contribution in [2.75, 3.05) is 4.81 Å². The Bertz CT molecular complexity index is 1010. The maximum Gasteiger partial charge on any atom is 0.538 e. The van der Waals surface area contributed by atoms with Crippen LogP contribution in [-0.2, 0) is 6.54 Å². The Labute approximate surface area is 162 Å². The second-order valence-corrected chi connectivity index (χ2v) is 8.02. The molecule has 2 aliphatic heterocycles. The van der Waals surface area contributed by atoms with E-state index in [2.05, 4.69) is 90.3 Å². The molecule has 0 saturated carbocycles. The van der Waals surface area contributed by atoms with Crippen molar-refractivity contribution < 1.29 is 4.48 Å². The molecule has 0 unspecified atom stereocenters. The molecule has 0 bridgehead atoms. The van der Waals surface area contributed by atoms with Crippen LogP contribution in [0.15, 0.2) is 48.8 Å². The average Bonchev–Trinajstić information content (AvgIpc) is 3.23. The molecular formula is C23H27BN3+. The molecule has 27 heavy (non-hydrogen) atoms. The fraction of sp³-hybridized carbons (Fsp3) is 0.348. The summed E-state index contributed by atoms with van der Waals surface area (Å²) in [6.45, 7) is 10.4. The minimum Gasteiger partial charge on any atom is -0.367 e. The maximum atomic E-state index is 2.71. The van der Waals surface area contributed by atoms with Crippen LogP contribution in [0.3, 0.4) is 0 Å². The van der Waals surface area contributed by atoms with Crippen LogP contribution in [0, 0.1) is 13.8 Å². The number of imidazole rings is 1. The molecule has 5 rings (SSSR count). The lowest BCUT2D eigenvalue weighted by molar-refractivity contribution is -0.523. The van der Waals surface area contributed by atoms with E-state index in [1.807, 2.05) is 0 Å². The highest BCUT2D eigenvalue weighted by Gasteiger charge is 2.50. The van der Waals surface area contributed by atoms with E-state index in [1.165, 1.54) is 39.2 Å². The van der Waals surface area contributed by atoms with Crippen molar-refractivity contribution >= 4 is 18.1 Å². The standard InChI is InChI=1S/C23H27BN3/c1-5-19(6-2)27-20-12-8-11-18-15-25-13-14-26(23(25)21(18)20)24(27)22-16(3)9-7-10-17(22)4/h7-14,19H,5-6,15H2,1-4H3/q+1. The highest BCUT2D eigenvalue weighted by atomic mass is 15.3. The van der Waals surface area contributed by atoms with E-state index < -0.39 is 0 Å². The van der Waals surface area contributed by atoms with Gasteiger partial charge >= 0.3 is 6.98 Å². The molecule has 3 nitrogen and oxygen atoms in total. The lowest BCUT2D eigenvalue weighted by atomic mass is 9.59. The smallest absolute Gasteiger partial charge is 0.367 e. The van der Waals surface area contributed by atoms with Crippen molar-refractivity contribution in [2.24, 2.45) is 0 Å². The predicted molar refractivity (Wildman–Crippen MR) is 113 cm³/mol. The van der Waals surface area contributed by atoms with Crippen LogP contribution in [0.1, 0.15) is 43.4 Å². The van der Waals surface area contributed by atoms with Crippen LogP contribution in [-0.4, -0.2) is 17.6 Å². The van der Waals surface area contributed by atoms with Crippen LogP contribution < -0.4 is 14.8 Å². The topological polar surface area (TPSA) is 12.1 Å². The first-order valence-corrected chi connectivity index (χ1v) is 10.2. The molecule has 0 N–H and O–H groups in total. The quantitative estimate of drug-likeness (QED) is 0.508. The number of benzene rings is 2. The minimum absolute atomic E-state index is 0.216. The van der Waals surface area contributed by atoms with Crippen LogP contribution in [0.5, 0.6) is 0 Å². The van der Waals surface area contributed by atoms with Gasteiger partial charge in [0.2, 0.25) is 0 Å². The molecule has 2 aromatic carbocycles. The highest BCUT2D eigenvalue weighted by molar-refractivity contribution is 6.71. The van der Waals surface area contributed by atoms with E-state index in [4.69, 9.17) is 0 Å². The third kappa shape index (κ3) is 2.19. The fourth-order valence-electron chi connectivity index (χ4n) is 5.27. The molecule has 4 heteroatoms. The van der Waals surface area contributed by atoms with Crippen molar-refractivity contribution in [1.29, 1.82) is 0 Å². The summed E-state index contributed by atoms with van der Waals surface area (Å²) in [5, 5.41) is 0. The first-order chi connectivity index (χ1) is 13.2. The maximum absolute atomic E-state index is 2.71. The minimum atomic E-state index is 0.216. The Morgan fingerprint density at radius 1 is 1.04 bits per heavy atom. The summed E-state index contributed by atoms with van der Waals surface area (Å²) < 4.78 is 4.94. The van der Waals surface area contributed by atoms with Crippen LogP contribution in [0.25, 0.3) is 11.4 Å². The number of hydrogen-bond donors (Lipinski definition) is 0. The van der Waals surface area contributed by atoms with Crippen LogP contribution in [0.2, 0.25) is 0 Å². The van der Waals surface area contributed by atoms with Gasteiger partial charge in [0.25, 0.3) is 5.82 Å². The lowest BCUT2D eigenvalue weighted by Crippen LogP contribution is -2.73. The predicted octanol–water partition coefficient (Wildman–Crippen LogP) is 3.67. The number of rotatable bonds is 4. The Hall–Kier alpha value is -2.49. The van der Waals surface area contributed by atoms with E-state index in [0.29, 0.717) is 6.04 Å². The summed E-state index contributed by atoms with van der Waals surface area (Å²) in [6, 6.07) is 14.1. The monoisotopic (exact) mass is 356 g/mol. The number of anilines is 1. The molecule has 3 heterocycles. The van der Waals surface area contributed by atoms with Gasteiger partial charge in [-0.05, 0) is 43.9 Å². The average molecular weight is 356 g/mol. The molecule has 1 aromatic heterocycles. The van der Waals surface area contributed by atoms with E-state index in [9.17, 15) is 0 Å². The van der Waals surface area contributed by atoms with Crippen molar-refractivity contribution in [2.45, 2.75) is 53.1 Å². The normalized spacial score (nSPS) is 14.3. The second kappa shape index (κ2) is 6.02. The summed E-state index contributed by atoms with van der Waals surface area (Å²) in [6.07, 6.45) is 6.85. The zero-order valence-electron chi connectivity index (χ0n) is 16.7. The molecule has 0 fully saturated rings. The first kappa shape index (κ1) is 16.7. The Morgan fingerprint density at radius 2 is 1.74 bits per heavy atom. The molecule has 0 spiro atoms. The third-order valence-electron chi connectivity index (χ3n) is 6.56. The fourth-order valence-corrected chi connectivity index (χ4v) is 5.27. The molecule has 0 atom stereocenters. The van der Waals surface area contributed by atoms with Gasteiger partial charge < -0.3 is 4.81 Å². The zero-order valence-corrected chi connectivity index (χ0v) is 16.7. The van der Waals surface area contributed by atoms with Gasteiger partial charge in [-0.15, -0.1) is 0 Å². The molecule has 0 aliphatic carbocycles. The van der Waals surface area contributed by atoms with E-state index >= 15 is 0 Å².